The van der Waals surface area contributed by atoms with Crippen LogP contribution >= 0.6 is 0 Å². The minimum atomic E-state index is 0.243. The van der Waals surface area contributed by atoms with E-state index in [0.717, 1.165) is 26.1 Å². The summed E-state index contributed by atoms with van der Waals surface area (Å²) in [7, 11) is 0. The normalized spacial score (nSPS) is 13.6. The van der Waals surface area contributed by atoms with Gasteiger partial charge in [-0.2, -0.15) is 0 Å². The lowest BCUT2D eigenvalue weighted by Gasteiger charge is -2.19. The molecule has 0 heterocycles. The summed E-state index contributed by atoms with van der Waals surface area (Å²) < 4.78 is 0. The molecule has 102 valence electrons. The maximum atomic E-state index is 5.58. The van der Waals surface area contributed by atoms with Gasteiger partial charge < -0.3 is 11.1 Å². The van der Waals surface area contributed by atoms with Crippen LogP contribution in [0.2, 0.25) is 0 Å². The molecule has 0 aliphatic heterocycles. The Labute approximate surface area is 112 Å². The highest BCUT2D eigenvalue weighted by atomic mass is 14.9. The van der Waals surface area contributed by atoms with E-state index in [1.807, 2.05) is 0 Å². The van der Waals surface area contributed by atoms with Crippen molar-refractivity contribution >= 4 is 0 Å². The molecule has 0 radical (unpaired) electrons. The van der Waals surface area contributed by atoms with Gasteiger partial charge in [-0.05, 0) is 48.5 Å². The third-order valence-corrected chi connectivity index (χ3v) is 3.31. The van der Waals surface area contributed by atoms with Crippen molar-refractivity contribution in [2.75, 3.05) is 19.6 Å². The largest absolute Gasteiger partial charge is 0.330 e. The monoisotopic (exact) mass is 248 g/mol. The Kier molecular flexibility index (Phi) is 5.83. The molecule has 3 N–H and O–H groups in total. The molecule has 0 aromatic heterocycles. The van der Waals surface area contributed by atoms with Gasteiger partial charge in [0.15, 0.2) is 0 Å². The van der Waals surface area contributed by atoms with Crippen LogP contribution in [0.25, 0.3) is 0 Å². The molecule has 1 aromatic rings. The fourth-order valence-electron chi connectivity index (χ4n) is 1.84. The summed E-state index contributed by atoms with van der Waals surface area (Å²) in [5, 5.41) is 3.45. The molecular formula is C16H28N2. The third-order valence-electron chi connectivity index (χ3n) is 3.31. The first-order valence-corrected chi connectivity index (χ1v) is 6.93. The van der Waals surface area contributed by atoms with Gasteiger partial charge >= 0.3 is 0 Å². The topological polar surface area (TPSA) is 38.0 Å². The van der Waals surface area contributed by atoms with Gasteiger partial charge in [-0.25, -0.2) is 0 Å². The van der Waals surface area contributed by atoms with Gasteiger partial charge in [0.1, 0.15) is 0 Å². The molecule has 0 aliphatic carbocycles. The quantitative estimate of drug-likeness (QED) is 0.760. The molecule has 0 saturated heterocycles. The van der Waals surface area contributed by atoms with Crippen LogP contribution in [0.1, 0.15) is 38.8 Å². The van der Waals surface area contributed by atoms with E-state index in [2.05, 4.69) is 57.3 Å². The van der Waals surface area contributed by atoms with Gasteiger partial charge in [-0.1, -0.05) is 52.0 Å². The van der Waals surface area contributed by atoms with E-state index in [9.17, 15) is 0 Å². The first kappa shape index (κ1) is 15.2. The number of rotatable bonds is 6. The molecule has 2 nitrogen and oxygen atoms in total. The molecule has 0 aliphatic rings. The highest BCUT2D eigenvalue weighted by Gasteiger charge is 2.12. The van der Waals surface area contributed by atoms with Gasteiger partial charge in [0.25, 0.3) is 0 Å². The molecule has 1 rings (SSSR count). The Bertz CT molecular complexity index is 335. The SMILES string of the molecule is CC(CN)CNCCc1ccc(C(C)(C)C)cc1. The maximum Gasteiger partial charge on any atom is -0.000823 e. The fraction of sp³-hybridized carbons (Fsp3) is 0.625. The summed E-state index contributed by atoms with van der Waals surface area (Å²) in [6.45, 7) is 11.7. The second-order valence-electron chi connectivity index (χ2n) is 6.24. The van der Waals surface area contributed by atoms with E-state index < -0.39 is 0 Å². The van der Waals surface area contributed by atoms with Crippen LogP contribution in [-0.2, 0) is 11.8 Å². The molecule has 0 bridgehead atoms. The first-order valence-electron chi connectivity index (χ1n) is 6.93. The van der Waals surface area contributed by atoms with Crippen molar-refractivity contribution in [2.45, 2.75) is 39.5 Å². The molecule has 1 atom stereocenters. The molecule has 0 saturated carbocycles. The Morgan fingerprint density at radius 2 is 1.78 bits per heavy atom. The number of nitrogens with one attached hydrogen (secondary N) is 1. The minimum absolute atomic E-state index is 0.243. The predicted octanol–water partition coefficient (Wildman–Crippen LogP) is 2.71. The van der Waals surface area contributed by atoms with Crippen molar-refractivity contribution in [1.29, 1.82) is 0 Å². The Morgan fingerprint density at radius 1 is 1.17 bits per heavy atom. The standard InChI is InChI=1S/C16H28N2/c1-13(11-17)12-18-10-9-14-5-7-15(8-6-14)16(2,3)4/h5-8,13,18H,9-12,17H2,1-4H3. The molecule has 2 heteroatoms. The van der Waals surface area contributed by atoms with Gasteiger partial charge in [0.05, 0.1) is 0 Å². The summed E-state index contributed by atoms with van der Waals surface area (Å²) in [4.78, 5) is 0. The van der Waals surface area contributed by atoms with E-state index in [-0.39, 0.29) is 5.41 Å². The van der Waals surface area contributed by atoms with Crippen LogP contribution in [0.3, 0.4) is 0 Å². The molecule has 18 heavy (non-hydrogen) atoms. The summed E-state index contributed by atoms with van der Waals surface area (Å²) in [6, 6.07) is 8.99. The lowest BCUT2D eigenvalue weighted by Crippen LogP contribution is -2.27. The number of nitrogens with two attached hydrogens (primary N) is 1. The van der Waals surface area contributed by atoms with Gasteiger partial charge in [-0.15, -0.1) is 0 Å². The van der Waals surface area contributed by atoms with Crippen LogP contribution in [0.5, 0.6) is 0 Å². The number of hydrogen-bond donors (Lipinski definition) is 2. The first-order chi connectivity index (χ1) is 8.43. The maximum absolute atomic E-state index is 5.58. The van der Waals surface area contributed by atoms with E-state index >= 15 is 0 Å². The van der Waals surface area contributed by atoms with Gasteiger partial charge in [0, 0.05) is 0 Å². The third kappa shape index (κ3) is 5.19. The number of benzene rings is 1. The summed E-state index contributed by atoms with van der Waals surface area (Å²) in [5.74, 6) is 0.563. The lowest BCUT2D eigenvalue weighted by molar-refractivity contribution is 0.524. The average molecular weight is 248 g/mol. The van der Waals surface area contributed by atoms with Crippen molar-refractivity contribution < 1.29 is 0 Å². The molecule has 0 spiro atoms. The summed E-state index contributed by atoms with van der Waals surface area (Å²) in [5.41, 5.74) is 8.62. The Hall–Kier alpha value is -0.860. The van der Waals surface area contributed by atoms with Crippen molar-refractivity contribution in [3.63, 3.8) is 0 Å². The van der Waals surface area contributed by atoms with Crippen molar-refractivity contribution in [3.8, 4) is 0 Å². The van der Waals surface area contributed by atoms with Gasteiger partial charge in [0.2, 0.25) is 0 Å². The zero-order chi connectivity index (χ0) is 13.6. The van der Waals surface area contributed by atoms with Crippen molar-refractivity contribution in [1.82, 2.24) is 5.32 Å². The van der Waals surface area contributed by atoms with Crippen molar-refractivity contribution in [2.24, 2.45) is 11.7 Å². The van der Waals surface area contributed by atoms with E-state index in [0.29, 0.717) is 5.92 Å². The summed E-state index contributed by atoms with van der Waals surface area (Å²) in [6.07, 6.45) is 1.09. The van der Waals surface area contributed by atoms with E-state index in [4.69, 9.17) is 5.73 Å². The number of hydrogen-bond acceptors (Lipinski definition) is 2. The van der Waals surface area contributed by atoms with E-state index in [1.165, 1.54) is 11.1 Å². The van der Waals surface area contributed by atoms with Crippen LogP contribution < -0.4 is 11.1 Å². The van der Waals surface area contributed by atoms with Crippen LogP contribution in [0.15, 0.2) is 24.3 Å². The van der Waals surface area contributed by atoms with Crippen LogP contribution in [0, 0.1) is 5.92 Å². The van der Waals surface area contributed by atoms with Crippen molar-refractivity contribution in [3.05, 3.63) is 35.4 Å². The predicted molar refractivity (Wildman–Crippen MR) is 79.9 cm³/mol. The van der Waals surface area contributed by atoms with Gasteiger partial charge in [-0.3, -0.25) is 0 Å². The highest BCUT2D eigenvalue weighted by molar-refractivity contribution is 5.27. The Balaban J connectivity index is 2.36. The molecule has 0 fully saturated rings. The highest BCUT2D eigenvalue weighted by Crippen LogP contribution is 2.22. The summed E-state index contributed by atoms with van der Waals surface area (Å²) >= 11 is 0. The molecule has 1 aromatic carbocycles. The zero-order valence-corrected chi connectivity index (χ0v) is 12.3. The average Bonchev–Trinajstić information content (AvgIpc) is 2.33. The molecular weight excluding hydrogens is 220 g/mol. The van der Waals surface area contributed by atoms with Crippen LogP contribution in [-0.4, -0.2) is 19.6 Å². The molecule has 1 unspecified atom stereocenters. The van der Waals surface area contributed by atoms with E-state index in [1.54, 1.807) is 0 Å². The van der Waals surface area contributed by atoms with Crippen LogP contribution in [0.4, 0.5) is 0 Å². The smallest absolute Gasteiger partial charge is 0.000823 e. The fourth-order valence-corrected chi connectivity index (χ4v) is 1.84. The minimum Gasteiger partial charge on any atom is -0.330 e. The molecule has 0 amide bonds. The second-order valence-corrected chi connectivity index (χ2v) is 6.24. The second kappa shape index (κ2) is 6.91. The zero-order valence-electron chi connectivity index (χ0n) is 12.3. The lowest BCUT2D eigenvalue weighted by atomic mass is 9.86. The Morgan fingerprint density at radius 3 is 2.28 bits per heavy atom.